The first-order valence-corrected chi connectivity index (χ1v) is 6.66. The smallest absolute Gasteiger partial charge is 0.275 e. The fourth-order valence-corrected chi connectivity index (χ4v) is 3.00. The molecular formula is C9H11N5OS2. The molecule has 0 radical (unpaired) electrons. The number of hydrazine groups is 1. The highest BCUT2D eigenvalue weighted by molar-refractivity contribution is 7.98. The Morgan fingerprint density at radius 2 is 2.53 bits per heavy atom. The van der Waals surface area contributed by atoms with E-state index in [0.717, 1.165) is 11.4 Å². The lowest BCUT2D eigenvalue weighted by molar-refractivity contribution is 0.0957. The second-order valence-electron chi connectivity index (χ2n) is 3.24. The van der Waals surface area contributed by atoms with Gasteiger partial charge in [-0.1, -0.05) is 11.8 Å². The quantitative estimate of drug-likeness (QED) is 0.334. The van der Waals surface area contributed by atoms with Crippen molar-refractivity contribution < 1.29 is 4.79 Å². The van der Waals surface area contributed by atoms with Crippen LogP contribution in [0.1, 0.15) is 21.1 Å². The molecule has 0 aliphatic rings. The van der Waals surface area contributed by atoms with Gasteiger partial charge in [0.2, 0.25) is 5.16 Å². The standard InChI is InChI=1S/C9H11N5OS2/c1-5-11-9(14-13-5)17-4-6-2-3-16-7(6)8(15)12-10/h2-3H,4,10H2,1H3,(H,12,15)(H,11,13,14). The van der Waals surface area contributed by atoms with Crippen molar-refractivity contribution in [3.8, 4) is 0 Å². The van der Waals surface area contributed by atoms with Gasteiger partial charge in [-0.2, -0.15) is 0 Å². The van der Waals surface area contributed by atoms with Gasteiger partial charge in [0, 0.05) is 5.75 Å². The van der Waals surface area contributed by atoms with Gasteiger partial charge in [0.15, 0.2) is 0 Å². The minimum absolute atomic E-state index is 0.262. The van der Waals surface area contributed by atoms with Gasteiger partial charge < -0.3 is 0 Å². The largest absolute Gasteiger partial charge is 0.289 e. The van der Waals surface area contributed by atoms with Crippen molar-refractivity contribution in [2.24, 2.45) is 5.84 Å². The zero-order chi connectivity index (χ0) is 12.3. The van der Waals surface area contributed by atoms with Crippen LogP contribution in [0.3, 0.4) is 0 Å². The maximum absolute atomic E-state index is 11.4. The molecule has 2 aromatic rings. The van der Waals surface area contributed by atoms with Crippen LogP contribution < -0.4 is 11.3 Å². The normalized spacial score (nSPS) is 10.5. The van der Waals surface area contributed by atoms with Gasteiger partial charge in [-0.05, 0) is 23.9 Å². The van der Waals surface area contributed by atoms with E-state index in [1.54, 1.807) is 0 Å². The fraction of sp³-hybridized carbons (Fsp3) is 0.222. The van der Waals surface area contributed by atoms with Gasteiger partial charge in [-0.25, -0.2) is 10.8 Å². The number of rotatable bonds is 4. The number of nitrogens with zero attached hydrogens (tertiary/aromatic N) is 2. The van der Waals surface area contributed by atoms with Crippen molar-refractivity contribution in [2.45, 2.75) is 17.8 Å². The number of amides is 1. The first-order chi connectivity index (χ1) is 8.20. The Labute approximate surface area is 106 Å². The number of aryl methyl sites for hydroxylation is 1. The van der Waals surface area contributed by atoms with Gasteiger partial charge >= 0.3 is 0 Å². The predicted octanol–water partition coefficient (Wildman–Crippen LogP) is 1.07. The molecule has 0 fully saturated rings. The Balaban J connectivity index is 2.04. The number of carbonyl (C=O) groups is 1. The van der Waals surface area contributed by atoms with Crippen molar-refractivity contribution in [2.75, 3.05) is 0 Å². The molecule has 2 aromatic heterocycles. The van der Waals surface area contributed by atoms with Crippen LogP contribution >= 0.6 is 23.1 Å². The average molecular weight is 269 g/mol. The van der Waals surface area contributed by atoms with Crippen molar-refractivity contribution in [1.82, 2.24) is 20.6 Å². The molecule has 90 valence electrons. The zero-order valence-corrected chi connectivity index (χ0v) is 10.7. The lowest BCUT2D eigenvalue weighted by atomic mass is 10.3. The number of aromatic nitrogens is 3. The number of aromatic amines is 1. The molecule has 2 rings (SSSR count). The fourth-order valence-electron chi connectivity index (χ4n) is 1.24. The molecule has 17 heavy (non-hydrogen) atoms. The molecular weight excluding hydrogens is 258 g/mol. The van der Waals surface area contributed by atoms with Crippen molar-refractivity contribution in [1.29, 1.82) is 0 Å². The van der Waals surface area contributed by atoms with E-state index >= 15 is 0 Å². The molecule has 0 unspecified atom stereocenters. The summed E-state index contributed by atoms with van der Waals surface area (Å²) >= 11 is 2.84. The lowest BCUT2D eigenvalue weighted by Crippen LogP contribution is -2.29. The maximum atomic E-state index is 11.4. The molecule has 0 spiro atoms. The van der Waals surface area contributed by atoms with Crippen LogP contribution in [0.2, 0.25) is 0 Å². The van der Waals surface area contributed by atoms with Crippen LogP contribution in [0.4, 0.5) is 0 Å². The van der Waals surface area contributed by atoms with E-state index in [4.69, 9.17) is 5.84 Å². The summed E-state index contributed by atoms with van der Waals surface area (Å²) in [5.41, 5.74) is 3.07. The Morgan fingerprint density at radius 3 is 3.18 bits per heavy atom. The van der Waals surface area contributed by atoms with E-state index in [9.17, 15) is 4.79 Å². The highest BCUT2D eigenvalue weighted by atomic mass is 32.2. The van der Waals surface area contributed by atoms with Crippen LogP contribution in [-0.4, -0.2) is 21.1 Å². The molecule has 0 atom stereocenters. The number of thiophene rings is 1. The first-order valence-electron chi connectivity index (χ1n) is 4.80. The topological polar surface area (TPSA) is 96.7 Å². The van der Waals surface area contributed by atoms with Crippen LogP contribution in [-0.2, 0) is 5.75 Å². The molecule has 0 aliphatic carbocycles. The third-order valence-corrected chi connectivity index (χ3v) is 3.87. The number of nitrogen functional groups attached to an aromatic ring is 1. The molecule has 0 saturated carbocycles. The van der Waals surface area contributed by atoms with Crippen molar-refractivity contribution in [3.05, 3.63) is 27.7 Å². The SMILES string of the molecule is Cc1nc(SCc2ccsc2C(=O)NN)n[nH]1. The minimum Gasteiger partial charge on any atom is -0.289 e. The summed E-state index contributed by atoms with van der Waals surface area (Å²) in [5, 5.41) is 9.32. The number of carbonyl (C=O) groups excluding carboxylic acids is 1. The Hall–Kier alpha value is -1.38. The number of nitrogens with one attached hydrogen (secondary N) is 2. The van der Waals surface area contributed by atoms with Crippen molar-refractivity contribution in [3.63, 3.8) is 0 Å². The summed E-state index contributed by atoms with van der Waals surface area (Å²) in [5.74, 6) is 6.27. The Kier molecular flexibility index (Phi) is 3.77. The van der Waals surface area contributed by atoms with Crippen LogP contribution in [0.15, 0.2) is 16.6 Å². The molecule has 4 N–H and O–H groups in total. The lowest BCUT2D eigenvalue weighted by Gasteiger charge is -2.00. The molecule has 0 bridgehead atoms. The van der Waals surface area contributed by atoms with Gasteiger partial charge in [-0.15, -0.1) is 16.4 Å². The van der Waals surface area contributed by atoms with E-state index in [1.165, 1.54) is 23.1 Å². The highest BCUT2D eigenvalue weighted by Gasteiger charge is 2.12. The molecule has 2 heterocycles. The summed E-state index contributed by atoms with van der Waals surface area (Å²) in [7, 11) is 0. The maximum Gasteiger partial charge on any atom is 0.275 e. The minimum atomic E-state index is -0.262. The summed E-state index contributed by atoms with van der Waals surface area (Å²) in [6.45, 7) is 1.84. The summed E-state index contributed by atoms with van der Waals surface area (Å²) < 4.78 is 0. The van der Waals surface area contributed by atoms with E-state index in [0.29, 0.717) is 15.8 Å². The number of H-pyrrole nitrogens is 1. The van der Waals surface area contributed by atoms with Gasteiger partial charge in [0.05, 0.1) is 4.88 Å². The van der Waals surface area contributed by atoms with E-state index in [-0.39, 0.29) is 5.91 Å². The Bertz CT molecular complexity index is 521. The molecule has 0 saturated heterocycles. The predicted molar refractivity (Wildman–Crippen MR) is 66.7 cm³/mol. The van der Waals surface area contributed by atoms with Crippen LogP contribution in [0.5, 0.6) is 0 Å². The monoisotopic (exact) mass is 269 g/mol. The Morgan fingerprint density at radius 1 is 1.71 bits per heavy atom. The first kappa shape index (κ1) is 12.1. The third-order valence-electron chi connectivity index (χ3n) is 2.02. The highest BCUT2D eigenvalue weighted by Crippen LogP contribution is 2.24. The third kappa shape index (κ3) is 2.84. The molecule has 1 amide bonds. The molecule has 6 nitrogen and oxygen atoms in total. The summed E-state index contributed by atoms with van der Waals surface area (Å²) in [6.07, 6.45) is 0. The molecule has 0 aliphatic heterocycles. The molecule has 0 aromatic carbocycles. The number of hydrogen-bond donors (Lipinski definition) is 3. The number of thioether (sulfide) groups is 1. The summed E-state index contributed by atoms with van der Waals surface area (Å²) in [6, 6.07) is 1.90. The summed E-state index contributed by atoms with van der Waals surface area (Å²) in [4.78, 5) is 16.2. The van der Waals surface area contributed by atoms with Gasteiger partial charge in [-0.3, -0.25) is 15.3 Å². The van der Waals surface area contributed by atoms with Gasteiger partial charge in [0.1, 0.15) is 5.82 Å². The second kappa shape index (κ2) is 5.30. The molecule has 8 heteroatoms. The van der Waals surface area contributed by atoms with Gasteiger partial charge in [0.25, 0.3) is 5.91 Å². The number of nitrogens with two attached hydrogens (primary N) is 1. The van der Waals surface area contributed by atoms with E-state index in [2.05, 4.69) is 20.6 Å². The second-order valence-corrected chi connectivity index (χ2v) is 5.10. The van der Waals surface area contributed by atoms with Crippen LogP contribution in [0.25, 0.3) is 0 Å². The number of hydrogen-bond acceptors (Lipinski definition) is 6. The van der Waals surface area contributed by atoms with Crippen molar-refractivity contribution >= 4 is 29.0 Å². The van der Waals surface area contributed by atoms with E-state index in [1.807, 2.05) is 18.4 Å². The van der Waals surface area contributed by atoms with E-state index < -0.39 is 0 Å². The zero-order valence-electron chi connectivity index (χ0n) is 9.06. The van der Waals surface area contributed by atoms with Crippen LogP contribution in [0, 0.1) is 6.92 Å². The average Bonchev–Trinajstić information content (AvgIpc) is 2.94.